The van der Waals surface area contributed by atoms with Gasteiger partial charge in [0.15, 0.2) is 11.6 Å². The van der Waals surface area contributed by atoms with Gasteiger partial charge in [0.05, 0.1) is 33.1 Å². The minimum atomic E-state index is 0.544. The van der Waals surface area contributed by atoms with E-state index in [1.165, 1.54) is 16.2 Å². The SMILES string of the molecule is c1ccc2cc(-c3nc(-c4ccc5oc6cc7ccccc7cc6c5c4-n4c5ccccc5c5cc6ccccc6cc54)nc(-n4c5ccccc5c5ccccc54)n3)ccc2c1. The van der Waals surface area contributed by atoms with Gasteiger partial charge < -0.3 is 8.98 Å². The van der Waals surface area contributed by atoms with Gasteiger partial charge in [-0.25, -0.2) is 4.98 Å². The Kier molecular flexibility index (Phi) is 7.02. The van der Waals surface area contributed by atoms with E-state index >= 15 is 0 Å². The van der Waals surface area contributed by atoms with Crippen LogP contribution >= 0.6 is 0 Å². The molecule has 4 heterocycles. The number of nitrogens with zero attached hydrogens (tertiary/aromatic N) is 5. The monoisotopic (exact) mass is 803 g/mol. The van der Waals surface area contributed by atoms with Crippen LogP contribution in [0.25, 0.3) is 132 Å². The zero-order chi connectivity index (χ0) is 41.2. The minimum Gasteiger partial charge on any atom is -0.456 e. The molecular weight excluding hydrogens is 771 g/mol. The van der Waals surface area contributed by atoms with E-state index in [0.29, 0.717) is 17.6 Å². The van der Waals surface area contributed by atoms with E-state index < -0.39 is 0 Å². The summed E-state index contributed by atoms with van der Waals surface area (Å²) in [6, 6.07) is 70.9. The van der Waals surface area contributed by atoms with Gasteiger partial charge in [-0.1, -0.05) is 140 Å². The molecule has 0 aliphatic carbocycles. The highest BCUT2D eigenvalue weighted by atomic mass is 16.3. The summed E-state index contributed by atoms with van der Waals surface area (Å²) in [4.78, 5) is 16.4. The first kappa shape index (κ1) is 34.1. The highest BCUT2D eigenvalue weighted by Crippen LogP contribution is 2.45. The molecule has 0 atom stereocenters. The number of para-hydroxylation sites is 3. The molecule has 0 fully saturated rings. The van der Waals surface area contributed by atoms with Gasteiger partial charge in [-0.2, -0.15) is 9.97 Å². The van der Waals surface area contributed by atoms with Crippen molar-refractivity contribution >= 4 is 97.9 Å². The van der Waals surface area contributed by atoms with Crippen LogP contribution in [0.1, 0.15) is 0 Å². The zero-order valence-corrected chi connectivity index (χ0v) is 33.7. The van der Waals surface area contributed by atoms with Crippen molar-refractivity contribution in [3.8, 4) is 34.4 Å². The predicted octanol–water partition coefficient (Wildman–Crippen LogP) is 14.8. The van der Waals surface area contributed by atoms with Crippen LogP contribution in [0.2, 0.25) is 0 Å². The quantitative estimate of drug-likeness (QED) is 0.178. The molecule has 0 saturated heterocycles. The summed E-state index contributed by atoms with van der Waals surface area (Å²) in [6.45, 7) is 0. The van der Waals surface area contributed by atoms with Crippen molar-refractivity contribution in [2.45, 2.75) is 0 Å². The lowest BCUT2D eigenvalue weighted by atomic mass is 10.0. The zero-order valence-electron chi connectivity index (χ0n) is 33.7. The molecule has 0 N–H and O–H groups in total. The Hall–Kier alpha value is -8.61. The lowest BCUT2D eigenvalue weighted by molar-refractivity contribution is 0.669. The normalized spacial score (nSPS) is 12.1. The molecule has 0 bridgehead atoms. The number of aromatic nitrogens is 5. The number of furan rings is 1. The lowest BCUT2D eigenvalue weighted by Crippen LogP contribution is -2.08. The first-order valence-electron chi connectivity index (χ1n) is 21.3. The van der Waals surface area contributed by atoms with Gasteiger partial charge >= 0.3 is 0 Å². The third kappa shape index (κ3) is 5.03. The fraction of sp³-hybridized carbons (Fsp3) is 0. The van der Waals surface area contributed by atoms with E-state index in [2.05, 4.69) is 209 Å². The van der Waals surface area contributed by atoms with Crippen molar-refractivity contribution in [1.82, 2.24) is 24.1 Å². The summed E-state index contributed by atoms with van der Waals surface area (Å²) >= 11 is 0. The van der Waals surface area contributed by atoms with E-state index in [-0.39, 0.29) is 0 Å². The van der Waals surface area contributed by atoms with Crippen molar-refractivity contribution in [2.75, 3.05) is 0 Å². The molecule has 0 aliphatic rings. The van der Waals surface area contributed by atoms with Gasteiger partial charge in [-0.3, -0.25) is 4.57 Å². The largest absolute Gasteiger partial charge is 0.456 e. The van der Waals surface area contributed by atoms with Crippen LogP contribution in [0.3, 0.4) is 0 Å². The Labute approximate surface area is 359 Å². The van der Waals surface area contributed by atoms with Crippen molar-refractivity contribution in [3.63, 3.8) is 0 Å². The van der Waals surface area contributed by atoms with Gasteiger partial charge in [-0.05, 0) is 93.0 Å². The van der Waals surface area contributed by atoms with Gasteiger partial charge in [0.2, 0.25) is 5.95 Å². The summed E-state index contributed by atoms with van der Waals surface area (Å²) in [5.74, 6) is 1.69. The third-order valence-electron chi connectivity index (χ3n) is 12.9. The second kappa shape index (κ2) is 12.9. The molecule has 0 radical (unpaired) electrons. The Bertz CT molecular complexity index is 4180. The average molecular weight is 804 g/mol. The number of rotatable bonds is 4. The molecule has 6 nitrogen and oxygen atoms in total. The lowest BCUT2D eigenvalue weighted by Gasteiger charge is -2.17. The van der Waals surface area contributed by atoms with E-state index in [9.17, 15) is 0 Å². The maximum Gasteiger partial charge on any atom is 0.238 e. The first-order valence-corrected chi connectivity index (χ1v) is 21.3. The second-order valence-electron chi connectivity index (χ2n) is 16.4. The smallest absolute Gasteiger partial charge is 0.238 e. The topological polar surface area (TPSA) is 61.7 Å². The molecule has 292 valence electrons. The molecule has 10 aromatic carbocycles. The molecule has 0 saturated carbocycles. The number of benzene rings is 10. The second-order valence-corrected chi connectivity index (χ2v) is 16.4. The fourth-order valence-corrected chi connectivity index (χ4v) is 10.0. The van der Waals surface area contributed by atoms with Gasteiger partial charge in [0.25, 0.3) is 0 Å². The van der Waals surface area contributed by atoms with Crippen molar-refractivity contribution in [3.05, 3.63) is 200 Å². The molecule has 4 aromatic heterocycles. The molecule has 0 amide bonds. The Morgan fingerprint density at radius 2 is 0.857 bits per heavy atom. The van der Waals surface area contributed by atoms with E-state index in [4.69, 9.17) is 19.4 Å². The molecule has 6 heteroatoms. The summed E-state index contributed by atoms with van der Waals surface area (Å²) in [6.07, 6.45) is 0. The number of hydrogen-bond acceptors (Lipinski definition) is 4. The van der Waals surface area contributed by atoms with Crippen molar-refractivity contribution < 1.29 is 4.42 Å². The Balaban J connectivity index is 1.16. The molecule has 0 unspecified atom stereocenters. The maximum atomic E-state index is 6.83. The average Bonchev–Trinajstić information content (AvgIpc) is 3.99. The molecule has 0 aliphatic heterocycles. The highest BCUT2D eigenvalue weighted by molar-refractivity contribution is 6.19. The van der Waals surface area contributed by atoms with E-state index in [1.54, 1.807) is 0 Å². The van der Waals surface area contributed by atoms with Crippen LogP contribution in [0.15, 0.2) is 205 Å². The van der Waals surface area contributed by atoms with E-state index in [0.717, 1.165) is 98.5 Å². The van der Waals surface area contributed by atoms with Crippen LogP contribution in [-0.2, 0) is 0 Å². The third-order valence-corrected chi connectivity index (χ3v) is 12.9. The standard InChI is InChI=1S/C57H33N5O/c1-2-14-35-29-40(26-25-34(35)13-1)55-58-56(60-57(59-55)62-48-23-11-7-19-41(48)42-20-8-12-24-49(42)62)44-27-28-51-53(46-31-37-16-4-6-18-39(37)33-52(46)63-51)54(44)61-47-22-10-9-21-43(47)45-30-36-15-3-5-17-38(36)32-50(45)61/h1-33H. The van der Waals surface area contributed by atoms with Crippen LogP contribution in [-0.4, -0.2) is 24.1 Å². The van der Waals surface area contributed by atoms with Crippen molar-refractivity contribution in [2.24, 2.45) is 0 Å². The fourth-order valence-electron chi connectivity index (χ4n) is 10.0. The highest BCUT2D eigenvalue weighted by Gasteiger charge is 2.26. The summed E-state index contributed by atoms with van der Waals surface area (Å²) in [5.41, 5.74) is 8.56. The summed E-state index contributed by atoms with van der Waals surface area (Å²) < 4.78 is 11.4. The molecule has 0 spiro atoms. The van der Waals surface area contributed by atoms with Crippen LogP contribution in [0, 0.1) is 0 Å². The molecule has 14 aromatic rings. The van der Waals surface area contributed by atoms with Gasteiger partial charge in [0, 0.05) is 38.1 Å². The molecule has 63 heavy (non-hydrogen) atoms. The Morgan fingerprint density at radius 3 is 1.54 bits per heavy atom. The Morgan fingerprint density at radius 1 is 0.333 bits per heavy atom. The van der Waals surface area contributed by atoms with Crippen LogP contribution in [0.5, 0.6) is 0 Å². The molecular formula is C57H33N5O. The maximum absolute atomic E-state index is 6.83. The van der Waals surface area contributed by atoms with Crippen LogP contribution in [0.4, 0.5) is 0 Å². The summed E-state index contributed by atoms with van der Waals surface area (Å²) in [7, 11) is 0. The van der Waals surface area contributed by atoms with Crippen molar-refractivity contribution in [1.29, 1.82) is 0 Å². The molecule has 14 rings (SSSR count). The van der Waals surface area contributed by atoms with Crippen LogP contribution < -0.4 is 0 Å². The number of hydrogen-bond donors (Lipinski definition) is 0. The predicted molar refractivity (Wildman–Crippen MR) is 259 cm³/mol. The summed E-state index contributed by atoms with van der Waals surface area (Å²) in [5, 5.41) is 13.5. The first-order chi connectivity index (χ1) is 31.2. The van der Waals surface area contributed by atoms with Gasteiger partial charge in [-0.15, -0.1) is 0 Å². The van der Waals surface area contributed by atoms with E-state index in [1.807, 2.05) is 0 Å². The number of fused-ring (bicyclic) bond motifs is 12. The van der Waals surface area contributed by atoms with Gasteiger partial charge in [0.1, 0.15) is 11.2 Å². The minimum absolute atomic E-state index is 0.544.